The van der Waals surface area contributed by atoms with Gasteiger partial charge < -0.3 is 14.6 Å². The lowest BCUT2D eigenvalue weighted by Crippen LogP contribution is -2.60. The Morgan fingerprint density at radius 1 is 0.800 bits per heavy atom. The number of imide groups is 2. The molecule has 2 saturated carbocycles. The Morgan fingerprint density at radius 2 is 1.36 bits per heavy atom. The van der Waals surface area contributed by atoms with Crippen LogP contribution in [0.1, 0.15) is 56.4 Å². The Kier molecular flexibility index (Phi) is 8.17. The van der Waals surface area contributed by atoms with Crippen LogP contribution in [0.4, 0.5) is 27.6 Å². The molecule has 6 atom stereocenters. The first-order valence-electron chi connectivity index (χ1n) is 16.0. The maximum atomic E-state index is 15.3. The highest BCUT2D eigenvalue weighted by atomic mass is 35.5. The number of benzene rings is 2. The fourth-order valence-electron chi connectivity index (χ4n) is 8.82. The van der Waals surface area contributed by atoms with Crippen LogP contribution in [0.25, 0.3) is 0 Å². The number of rotatable bonds is 5. The van der Waals surface area contributed by atoms with Crippen molar-refractivity contribution in [3.8, 4) is 17.2 Å². The van der Waals surface area contributed by atoms with Gasteiger partial charge in [0.05, 0.1) is 26.1 Å². The second-order valence-corrected chi connectivity index (χ2v) is 14.5. The summed E-state index contributed by atoms with van der Waals surface area (Å²) in [6.07, 6.45) is 4.78. The predicted octanol–water partition coefficient (Wildman–Crippen LogP) is 6.00. The number of aromatic hydroxyl groups is 1. The minimum absolute atomic E-state index is 0.00918. The Labute approximate surface area is 291 Å². The van der Waals surface area contributed by atoms with Crippen molar-refractivity contribution in [3.05, 3.63) is 58.4 Å². The monoisotopic (exact) mass is 742 g/mol. The normalized spacial score (nSPS) is 31.1. The number of amides is 4. The van der Waals surface area contributed by atoms with E-state index < -0.39 is 98.2 Å². The molecule has 50 heavy (non-hydrogen) atoms. The highest BCUT2D eigenvalue weighted by Crippen LogP contribution is 2.68. The Hall–Kier alpha value is -3.91. The van der Waals surface area contributed by atoms with Crippen LogP contribution in [0.3, 0.4) is 0 Å². The Morgan fingerprint density at radius 3 is 1.92 bits per heavy atom. The van der Waals surface area contributed by atoms with E-state index in [9.17, 15) is 37.5 Å². The summed E-state index contributed by atoms with van der Waals surface area (Å²) in [5.74, 6) is -21.8. The predicted molar refractivity (Wildman–Crippen MR) is 166 cm³/mol. The van der Waals surface area contributed by atoms with Crippen LogP contribution in [-0.4, -0.2) is 63.6 Å². The van der Waals surface area contributed by atoms with Gasteiger partial charge in [0, 0.05) is 29.7 Å². The molecule has 1 N–H and O–H groups in total. The van der Waals surface area contributed by atoms with Crippen molar-refractivity contribution in [2.45, 2.75) is 66.7 Å². The topological polar surface area (TPSA) is 113 Å². The van der Waals surface area contributed by atoms with E-state index in [4.69, 9.17) is 32.7 Å². The minimum Gasteiger partial charge on any atom is -0.508 e. The molecule has 16 heteroatoms. The summed E-state index contributed by atoms with van der Waals surface area (Å²) >= 11 is 14.4. The number of alkyl halides is 2. The molecule has 0 aromatic heterocycles. The van der Waals surface area contributed by atoms with E-state index in [-0.39, 0.29) is 45.7 Å². The molecule has 0 bridgehead atoms. The first kappa shape index (κ1) is 34.5. The minimum atomic E-state index is -2.77. The van der Waals surface area contributed by atoms with Crippen molar-refractivity contribution in [2.24, 2.45) is 17.8 Å². The Balaban J connectivity index is 1.47. The van der Waals surface area contributed by atoms with Crippen LogP contribution in [0.15, 0.2) is 23.8 Å². The molecule has 0 spiro atoms. The molecule has 7 rings (SSSR count). The summed E-state index contributed by atoms with van der Waals surface area (Å²) in [5, 5.41) is 10.4. The average molecular weight is 744 g/mol. The summed E-state index contributed by atoms with van der Waals surface area (Å²) in [6, 6.07) is 1.94. The maximum Gasteiger partial charge on any atom is 0.258 e. The number of halogens is 7. The van der Waals surface area contributed by atoms with E-state index in [1.807, 2.05) is 0 Å². The largest absolute Gasteiger partial charge is 0.508 e. The maximum absolute atomic E-state index is 15.3. The standard InChI is InChI=1S/C34H29Cl2F5N2O7/c1-49-18-10-14(44)11-19(50-2)21(18)22-15-8-9-16-20(30(46)42(29(16)45)13-6-4-3-5-7-13)17(15)12-33(35)31(47)43(32(48)34(22,33)36)28-26(40)24(38)23(37)25(39)27(28)41/h8,10-11,13,16-17,20,22,44H,3-7,9,12H2,1-2H3/t16-,17+,20-,22+,33+,34-/m0/s1. The number of hydrogen-bond donors (Lipinski definition) is 1. The van der Waals surface area contributed by atoms with Crippen molar-refractivity contribution in [2.75, 3.05) is 19.1 Å². The number of phenols is 1. The summed E-state index contributed by atoms with van der Waals surface area (Å²) in [5.41, 5.74) is -1.70. The fourth-order valence-corrected chi connectivity index (χ4v) is 9.74. The SMILES string of the molecule is COc1cc(O)cc(OC)c1[C@H]1C2=CC[C@@H]3C(=O)N(C4CCCCC4)C(=O)[C@@H]3[C@@H]2C[C@@]2(Cl)C(=O)N(c3c(F)c(F)c(F)c(F)c3F)C(=O)[C@@]12Cl. The van der Waals surface area contributed by atoms with Crippen molar-refractivity contribution >= 4 is 52.5 Å². The smallest absolute Gasteiger partial charge is 0.258 e. The van der Waals surface area contributed by atoms with Gasteiger partial charge in [0.1, 0.15) is 22.9 Å². The van der Waals surface area contributed by atoms with E-state index in [1.165, 1.54) is 19.1 Å². The lowest BCUT2D eigenvalue weighted by Gasteiger charge is -2.51. The molecule has 5 aliphatic rings. The summed E-state index contributed by atoms with van der Waals surface area (Å²) in [6.45, 7) is 0. The molecule has 0 radical (unpaired) electrons. The summed E-state index contributed by atoms with van der Waals surface area (Å²) in [4.78, 5) is 52.6. The van der Waals surface area contributed by atoms with Crippen molar-refractivity contribution in [1.29, 1.82) is 0 Å². The van der Waals surface area contributed by atoms with Gasteiger partial charge in [0.2, 0.25) is 17.6 Å². The van der Waals surface area contributed by atoms with Crippen LogP contribution in [0.5, 0.6) is 17.2 Å². The molecular formula is C34H29Cl2F5N2O7. The third kappa shape index (κ3) is 4.36. The Bertz CT molecular complexity index is 1870. The quantitative estimate of drug-likeness (QED) is 0.0999. The molecule has 2 aliphatic heterocycles. The van der Waals surface area contributed by atoms with Crippen molar-refractivity contribution in [1.82, 2.24) is 4.90 Å². The number of allylic oxidation sites excluding steroid dienone is 2. The number of carbonyl (C=O) groups excluding carboxylic acids is 4. The molecule has 9 nitrogen and oxygen atoms in total. The average Bonchev–Trinajstić information content (AvgIpc) is 3.44. The van der Waals surface area contributed by atoms with E-state index in [0.29, 0.717) is 12.8 Å². The zero-order chi connectivity index (χ0) is 36.2. The van der Waals surface area contributed by atoms with Gasteiger partial charge in [-0.05, 0) is 31.6 Å². The number of ether oxygens (including phenoxy) is 2. The first-order chi connectivity index (χ1) is 23.6. The second kappa shape index (κ2) is 11.8. The van der Waals surface area contributed by atoms with E-state index in [1.54, 1.807) is 6.08 Å². The van der Waals surface area contributed by atoms with Gasteiger partial charge in [-0.1, -0.05) is 30.9 Å². The van der Waals surface area contributed by atoms with Gasteiger partial charge in [-0.15, -0.1) is 23.2 Å². The van der Waals surface area contributed by atoms with Crippen molar-refractivity contribution in [3.63, 3.8) is 0 Å². The molecule has 266 valence electrons. The summed E-state index contributed by atoms with van der Waals surface area (Å²) < 4.78 is 84.7. The zero-order valence-electron chi connectivity index (χ0n) is 26.5. The highest BCUT2D eigenvalue weighted by Gasteiger charge is 2.77. The fraction of sp³-hybridized carbons (Fsp3) is 0.471. The third-order valence-corrected chi connectivity index (χ3v) is 12.4. The van der Waals surface area contributed by atoms with E-state index in [2.05, 4.69) is 0 Å². The molecule has 4 amide bonds. The van der Waals surface area contributed by atoms with Crippen molar-refractivity contribution < 1.29 is 55.7 Å². The highest BCUT2D eigenvalue weighted by molar-refractivity contribution is 6.58. The number of methoxy groups -OCH3 is 2. The molecule has 2 aromatic carbocycles. The number of hydrogen-bond acceptors (Lipinski definition) is 7. The third-order valence-electron chi connectivity index (χ3n) is 11.0. The molecule has 3 aliphatic carbocycles. The molecule has 2 heterocycles. The van der Waals surface area contributed by atoms with Crippen LogP contribution in [0.2, 0.25) is 0 Å². The first-order valence-corrected chi connectivity index (χ1v) is 16.7. The summed E-state index contributed by atoms with van der Waals surface area (Å²) in [7, 11) is 2.42. The lowest BCUT2D eigenvalue weighted by molar-refractivity contribution is -0.143. The van der Waals surface area contributed by atoms with Gasteiger partial charge in [-0.25, -0.2) is 26.9 Å². The lowest BCUT2D eigenvalue weighted by atomic mass is 9.56. The second-order valence-electron chi connectivity index (χ2n) is 13.3. The molecule has 2 aromatic rings. The van der Waals surface area contributed by atoms with E-state index >= 15 is 8.78 Å². The number of phenolic OH excluding ortho intramolecular Hbond substituents is 1. The molecule has 4 fully saturated rings. The molecular weight excluding hydrogens is 714 g/mol. The van der Waals surface area contributed by atoms with Crippen LogP contribution >= 0.6 is 23.2 Å². The van der Waals surface area contributed by atoms with Gasteiger partial charge in [0.15, 0.2) is 33.0 Å². The number of nitrogens with zero attached hydrogens (tertiary/aromatic N) is 2. The van der Waals surface area contributed by atoms with Gasteiger partial charge in [-0.3, -0.25) is 24.1 Å². The zero-order valence-corrected chi connectivity index (χ0v) is 28.0. The van der Waals surface area contributed by atoms with E-state index in [0.717, 1.165) is 31.4 Å². The molecule has 0 unspecified atom stereocenters. The number of anilines is 1. The van der Waals surface area contributed by atoms with Gasteiger partial charge >= 0.3 is 0 Å². The van der Waals surface area contributed by atoms with Crippen LogP contribution < -0.4 is 14.4 Å². The molecule has 2 saturated heterocycles. The number of carbonyl (C=O) groups is 4. The van der Waals surface area contributed by atoms with Crippen LogP contribution in [-0.2, 0) is 19.2 Å². The number of fused-ring (bicyclic) bond motifs is 4. The van der Waals surface area contributed by atoms with Gasteiger partial charge in [0.25, 0.3) is 11.8 Å². The van der Waals surface area contributed by atoms with Gasteiger partial charge in [-0.2, -0.15) is 0 Å². The number of likely N-dealkylation sites (tertiary alicyclic amines) is 1. The van der Waals surface area contributed by atoms with Crippen LogP contribution in [0, 0.1) is 46.8 Å².